The summed E-state index contributed by atoms with van der Waals surface area (Å²) in [7, 11) is 0. The predicted octanol–water partition coefficient (Wildman–Crippen LogP) is 5.67. The van der Waals surface area contributed by atoms with Gasteiger partial charge in [0.25, 0.3) is 0 Å². The summed E-state index contributed by atoms with van der Waals surface area (Å²) >= 11 is 0. The minimum Gasteiger partial charge on any atom is -0.389 e. The molecule has 5 rings (SSSR count). The van der Waals surface area contributed by atoms with Crippen molar-refractivity contribution in [2.45, 2.75) is 51.0 Å². The minimum absolute atomic E-state index is 0.168. The van der Waals surface area contributed by atoms with Gasteiger partial charge in [0.1, 0.15) is 11.6 Å². The van der Waals surface area contributed by atoms with E-state index in [1.807, 2.05) is 12.3 Å². The number of carbonyl (C=O) groups excluding carboxylic acids is 1. The summed E-state index contributed by atoms with van der Waals surface area (Å²) < 4.78 is 26.8. The number of primary amides is 1. The van der Waals surface area contributed by atoms with E-state index >= 15 is 0 Å². The van der Waals surface area contributed by atoms with Gasteiger partial charge >= 0.3 is 0 Å². The Bertz CT molecular complexity index is 1320. The molecule has 0 bridgehead atoms. The van der Waals surface area contributed by atoms with Crippen LogP contribution in [0.2, 0.25) is 0 Å². The van der Waals surface area contributed by atoms with E-state index in [2.05, 4.69) is 18.0 Å². The van der Waals surface area contributed by atoms with Crippen molar-refractivity contribution >= 4 is 18.2 Å². The Hall–Kier alpha value is -3.38. The minimum atomic E-state index is -0.960. The SMILES string of the molecule is CC12CC3=C(C=C1CCC2(O)CCc1ccc(F)cc1C(N)=O)C/C(=C/c1ccc(F)cc1)N=C3. The number of benzene rings is 2. The summed E-state index contributed by atoms with van der Waals surface area (Å²) in [5, 5.41) is 11.8. The van der Waals surface area contributed by atoms with E-state index in [-0.39, 0.29) is 11.4 Å². The van der Waals surface area contributed by atoms with Crippen molar-refractivity contribution in [2.24, 2.45) is 16.1 Å². The van der Waals surface area contributed by atoms with Crippen LogP contribution >= 0.6 is 0 Å². The fourth-order valence-corrected chi connectivity index (χ4v) is 5.77. The van der Waals surface area contributed by atoms with Gasteiger partial charge in [0.2, 0.25) is 5.91 Å². The van der Waals surface area contributed by atoms with Crippen LogP contribution in [-0.4, -0.2) is 22.8 Å². The van der Waals surface area contributed by atoms with Gasteiger partial charge < -0.3 is 10.8 Å². The molecule has 0 radical (unpaired) electrons. The molecule has 35 heavy (non-hydrogen) atoms. The van der Waals surface area contributed by atoms with Gasteiger partial charge in [-0.2, -0.15) is 0 Å². The molecular formula is C29H28F2N2O2. The molecular weight excluding hydrogens is 446 g/mol. The predicted molar refractivity (Wildman–Crippen MR) is 133 cm³/mol. The highest BCUT2D eigenvalue weighted by Gasteiger charge is 2.54. The zero-order valence-corrected chi connectivity index (χ0v) is 19.7. The van der Waals surface area contributed by atoms with Crippen LogP contribution in [0.15, 0.2) is 75.9 Å². The molecule has 3 aliphatic rings. The summed E-state index contributed by atoms with van der Waals surface area (Å²) in [5.74, 6) is -1.44. The number of halogens is 2. The average Bonchev–Trinajstić information content (AvgIpc) is 3.08. The first kappa shape index (κ1) is 23.4. The second kappa shape index (κ2) is 8.68. The third-order valence-corrected chi connectivity index (χ3v) is 7.96. The largest absolute Gasteiger partial charge is 0.389 e. The van der Waals surface area contributed by atoms with E-state index < -0.39 is 22.7 Å². The molecule has 1 saturated carbocycles. The van der Waals surface area contributed by atoms with Crippen molar-refractivity contribution in [2.75, 3.05) is 0 Å². The topological polar surface area (TPSA) is 75.7 Å². The fourth-order valence-electron chi connectivity index (χ4n) is 5.77. The van der Waals surface area contributed by atoms with Crippen molar-refractivity contribution in [3.8, 4) is 0 Å². The zero-order chi connectivity index (χ0) is 24.8. The van der Waals surface area contributed by atoms with Gasteiger partial charge in [0.15, 0.2) is 0 Å². The highest BCUT2D eigenvalue weighted by atomic mass is 19.1. The molecule has 0 aromatic heterocycles. The van der Waals surface area contributed by atoms with Crippen LogP contribution in [0, 0.1) is 17.0 Å². The van der Waals surface area contributed by atoms with Gasteiger partial charge in [-0.25, -0.2) is 8.78 Å². The van der Waals surface area contributed by atoms with E-state index in [0.717, 1.165) is 29.3 Å². The van der Waals surface area contributed by atoms with Gasteiger partial charge in [-0.15, -0.1) is 0 Å². The molecule has 3 N–H and O–H groups in total. The number of aliphatic imine (C=N–C) groups is 1. The number of aryl methyl sites for hydroxylation is 1. The van der Waals surface area contributed by atoms with Crippen LogP contribution in [0.25, 0.3) is 6.08 Å². The van der Waals surface area contributed by atoms with E-state index in [0.29, 0.717) is 37.7 Å². The number of dihydropyridines is 1. The van der Waals surface area contributed by atoms with Gasteiger partial charge in [-0.05, 0) is 84.7 Å². The Kier molecular flexibility index (Phi) is 5.80. The second-order valence-corrected chi connectivity index (χ2v) is 10.0. The van der Waals surface area contributed by atoms with Crippen molar-refractivity contribution in [1.82, 2.24) is 0 Å². The van der Waals surface area contributed by atoms with E-state index in [9.17, 15) is 18.7 Å². The summed E-state index contributed by atoms with van der Waals surface area (Å²) in [6, 6.07) is 10.4. The Balaban J connectivity index is 1.35. The van der Waals surface area contributed by atoms with Gasteiger partial charge in [0.05, 0.1) is 5.60 Å². The molecule has 0 saturated heterocycles. The maximum atomic E-state index is 13.6. The molecule has 1 amide bonds. The van der Waals surface area contributed by atoms with Crippen LogP contribution in [0.3, 0.4) is 0 Å². The number of allylic oxidation sites excluding steroid dienone is 3. The standard InChI is InChI=1S/C29H28F2N2O2/c1-28-16-21-17-33-25(12-18-2-5-23(30)6-3-18)14-20(21)13-22(28)9-11-29(28,35)10-8-19-4-7-24(31)15-26(19)27(32)34/h2-7,12-13,15,17,35H,8-11,14,16H2,1H3,(H2,32,34)/b25-12-. The lowest BCUT2D eigenvalue weighted by Crippen LogP contribution is -2.44. The van der Waals surface area contributed by atoms with Gasteiger partial charge in [-0.1, -0.05) is 36.8 Å². The maximum absolute atomic E-state index is 13.6. The Morgan fingerprint density at radius 3 is 2.63 bits per heavy atom. The van der Waals surface area contributed by atoms with E-state index in [1.54, 1.807) is 18.2 Å². The van der Waals surface area contributed by atoms with Crippen molar-refractivity contribution < 1.29 is 18.7 Å². The quantitative estimate of drug-likeness (QED) is 0.586. The lowest BCUT2D eigenvalue weighted by Gasteiger charge is -2.44. The van der Waals surface area contributed by atoms with E-state index in [4.69, 9.17) is 5.73 Å². The second-order valence-electron chi connectivity index (χ2n) is 10.0. The number of fused-ring (bicyclic) bond motifs is 1. The molecule has 0 spiro atoms. The highest BCUT2D eigenvalue weighted by molar-refractivity contribution is 5.94. The molecule has 2 aliphatic carbocycles. The summed E-state index contributed by atoms with van der Waals surface area (Å²) in [4.78, 5) is 16.4. The van der Waals surface area contributed by atoms with Crippen molar-refractivity contribution in [3.63, 3.8) is 0 Å². The Morgan fingerprint density at radius 2 is 1.89 bits per heavy atom. The maximum Gasteiger partial charge on any atom is 0.249 e. The number of aliphatic hydroxyl groups is 1. The number of hydrogen-bond donors (Lipinski definition) is 2. The summed E-state index contributed by atoms with van der Waals surface area (Å²) in [6.45, 7) is 2.10. The Labute approximate surface area is 203 Å². The third-order valence-electron chi connectivity index (χ3n) is 7.96. The zero-order valence-electron chi connectivity index (χ0n) is 19.7. The monoisotopic (exact) mass is 474 g/mol. The fraction of sp³-hybridized carbons (Fsp3) is 0.310. The van der Waals surface area contributed by atoms with Crippen LogP contribution in [-0.2, 0) is 6.42 Å². The third kappa shape index (κ3) is 4.27. The van der Waals surface area contributed by atoms with E-state index in [1.165, 1.54) is 29.3 Å². The first-order valence-electron chi connectivity index (χ1n) is 11.9. The highest BCUT2D eigenvalue weighted by Crippen LogP contribution is 2.58. The average molecular weight is 475 g/mol. The number of hydrogen-bond acceptors (Lipinski definition) is 3. The number of rotatable bonds is 5. The lowest BCUT2D eigenvalue weighted by molar-refractivity contribution is -0.0459. The molecule has 180 valence electrons. The van der Waals surface area contributed by atoms with Crippen molar-refractivity contribution in [1.29, 1.82) is 0 Å². The normalized spacial score (nSPS) is 26.5. The molecule has 4 nitrogen and oxygen atoms in total. The number of nitrogens with two attached hydrogens (primary N) is 1. The molecule has 2 aromatic rings. The molecule has 6 heteroatoms. The smallest absolute Gasteiger partial charge is 0.249 e. The first-order valence-corrected chi connectivity index (χ1v) is 11.9. The van der Waals surface area contributed by atoms with Crippen LogP contribution in [0.4, 0.5) is 8.78 Å². The number of nitrogens with zero attached hydrogens (tertiary/aromatic N) is 1. The van der Waals surface area contributed by atoms with Crippen molar-refractivity contribution in [3.05, 3.63) is 99.3 Å². The summed E-state index contributed by atoms with van der Waals surface area (Å²) in [5.41, 5.74) is 10.2. The van der Waals surface area contributed by atoms with Crippen LogP contribution in [0.5, 0.6) is 0 Å². The molecule has 1 heterocycles. The molecule has 2 unspecified atom stereocenters. The summed E-state index contributed by atoms with van der Waals surface area (Å²) in [6.07, 6.45) is 9.75. The lowest BCUT2D eigenvalue weighted by atomic mass is 9.64. The first-order chi connectivity index (χ1) is 16.7. The molecule has 1 fully saturated rings. The van der Waals surface area contributed by atoms with Crippen LogP contribution < -0.4 is 5.73 Å². The molecule has 2 atom stereocenters. The van der Waals surface area contributed by atoms with Gasteiger partial charge in [0, 0.05) is 29.3 Å². The van der Waals surface area contributed by atoms with Gasteiger partial charge in [-0.3, -0.25) is 9.79 Å². The molecule has 1 aliphatic heterocycles. The number of carbonyl (C=O) groups is 1. The molecule has 2 aromatic carbocycles. The number of amides is 1. The van der Waals surface area contributed by atoms with Crippen LogP contribution in [0.1, 0.15) is 60.5 Å². The Morgan fingerprint density at radius 1 is 1.14 bits per heavy atom.